The van der Waals surface area contributed by atoms with E-state index in [0.717, 1.165) is 24.7 Å². The predicted octanol–water partition coefficient (Wildman–Crippen LogP) is 3.12. The van der Waals surface area contributed by atoms with Crippen LogP contribution in [0, 0.1) is 6.92 Å². The lowest BCUT2D eigenvalue weighted by Gasteiger charge is -2.42. The normalized spacial score (nSPS) is 32.7. The Morgan fingerprint density at radius 2 is 2.11 bits per heavy atom. The molecular weight excluding hydrogens is 254 g/mol. The zero-order valence-corrected chi connectivity index (χ0v) is 13.0. The summed E-state index contributed by atoms with van der Waals surface area (Å²) in [6.07, 6.45) is 5.39. The van der Waals surface area contributed by atoms with Crippen molar-refractivity contribution in [3.05, 3.63) is 16.1 Å². The third-order valence-corrected chi connectivity index (χ3v) is 5.86. The number of piperidine rings is 1. The van der Waals surface area contributed by atoms with Gasteiger partial charge in [0.25, 0.3) is 0 Å². The van der Waals surface area contributed by atoms with E-state index in [1.165, 1.54) is 36.4 Å². The van der Waals surface area contributed by atoms with Crippen LogP contribution in [0.15, 0.2) is 5.38 Å². The van der Waals surface area contributed by atoms with Crippen molar-refractivity contribution in [1.82, 2.24) is 15.2 Å². The number of nitrogens with zero attached hydrogens (tertiary/aromatic N) is 2. The molecule has 1 aromatic heterocycles. The van der Waals surface area contributed by atoms with Crippen molar-refractivity contribution in [2.24, 2.45) is 0 Å². The highest BCUT2D eigenvalue weighted by atomic mass is 32.1. The Morgan fingerprint density at radius 3 is 2.63 bits per heavy atom. The van der Waals surface area contributed by atoms with Gasteiger partial charge in [-0.05, 0) is 46.1 Å². The van der Waals surface area contributed by atoms with E-state index in [9.17, 15) is 0 Å². The second kappa shape index (κ2) is 5.51. The van der Waals surface area contributed by atoms with Gasteiger partial charge in [0.15, 0.2) is 0 Å². The molecule has 3 atom stereocenters. The minimum absolute atomic E-state index is 0.499. The summed E-state index contributed by atoms with van der Waals surface area (Å²) in [4.78, 5) is 7.46. The molecule has 0 saturated carbocycles. The van der Waals surface area contributed by atoms with Gasteiger partial charge in [0.2, 0.25) is 0 Å². The molecule has 1 aromatic rings. The number of fused-ring (bicyclic) bond motifs is 2. The summed E-state index contributed by atoms with van der Waals surface area (Å²) < 4.78 is 0. The number of aryl methyl sites for hydroxylation is 1. The van der Waals surface area contributed by atoms with E-state index in [-0.39, 0.29) is 0 Å². The summed E-state index contributed by atoms with van der Waals surface area (Å²) >= 11 is 1.83. The quantitative estimate of drug-likeness (QED) is 0.918. The molecule has 0 aromatic carbocycles. The average Bonchev–Trinajstić information content (AvgIpc) is 2.92. The molecule has 106 valence electrons. The van der Waals surface area contributed by atoms with E-state index >= 15 is 0 Å². The monoisotopic (exact) mass is 279 g/mol. The molecule has 0 aliphatic carbocycles. The van der Waals surface area contributed by atoms with Gasteiger partial charge in [0, 0.05) is 29.2 Å². The third-order valence-electron chi connectivity index (χ3n) is 4.72. The van der Waals surface area contributed by atoms with Crippen LogP contribution in [0.5, 0.6) is 0 Å². The molecule has 3 unspecified atom stereocenters. The van der Waals surface area contributed by atoms with Crippen molar-refractivity contribution in [2.75, 3.05) is 6.54 Å². The van der Waals surface area contributed by atoms with E-state index in [0.29, 0.717) is 6.04 Å². The van der Waals surface area contributed by atoms with Gasteiger partial charge in [-0.15, -0.1) is 11.3 Å². The largest absolute Gasteiger partial charge is 0.314 e. The summed E-state index contributed by atoms with van der Waals surface area (Å²) in [6.45, 7) is 7.76. The van der Waals surface area contributed by atoms with Crippen molar-refractivity contribution in [3.8, 4) is 0 Å². The van der Waals surface area contributed by atoms with Gasteiger partial charge in [-0.25, -0.2) is 4.98 Å². The average molecular weight is 279 g/mol. The Hall–Kier alpha value is -0.450. The molecule has 3 rings (SSSR count). The maximum Gasteiger partial charge on any atom is 0.110 e. The molecule has 19 heavy (non-hydrogen) atoms. The SMILES string of the molecule is CCNC1CC2CCC(C1)N2C(C)c1nc(C)cs1. The molecule has 4 heteroatoms. The zero-order chi connectivity index (χ0) is 13.4. The second-order valence-corrected chi connectivity index (χ2v) is 6.95. The fourth-order valence-electron chi connectivity index (χ4n) is 3.99. The van der Waals surface area contributed by atoms with Crippen LogP contribution >= 0.6 is 11.3 Å². The third kappa shape index (κ3) is 2.58. The highest BCUT2D eigenvalue weighted by molar-refractivity contribution is 7.09. The summed E-state index contributed by atoms with van der Waals surface area (Å²) in [6, 6.07) is 2.77. The number of nitrogens with one attached hydrogen (secondary N) is 1. The van der Waals surface area contributed by atoms with Gasteiger partial charge >= 0.3 is 0 Å². The maximum absolute atomic E-state index is 4.70. The first-order valence-electron chi connectivity index (χ1n) is 7.62. The van der Waals surface area contributed by atoms with Crippen LogP contribution < -0.4 is 5.32 Å². The van der Waals surface area contributed by atoms with E-state index in [2.05, 4.69) is 36.4 Å². The van der Waals surface area contributed by atoms with Crippen molar-refractivity contribution in [3.63, 3.8) is 0 Å². The highest BCUT2D eigenvalue weighted by Crippen LogP contribution is 2.41. The molecule has 2 saturated heterocycles. The van der Waals surface area contributed by atoms with E-state index in [1.54, 1.807) is 0 Å². The van der Waals surface area contributed by atoms with E-state index < -0.39 is 0 Å². The molecule has 0 spiro atoms. The predicted molar refractivity (Wildman–Crippen MR) is 80.6 cm³/mol. The Kier molecular flexibility index (Phi) is 3.92. The number of thiazole rings is 1. The van der Waals surface area contributed by atoms with Crippen molar-refractivity contribution >= 4 is 11.3 Å². The minimum atomic E-state index is 0.499. The van der Waals surface area contributed by atoms with Crippen LogP contribution in [0.1, 0.15) is 56.3 Å². The molecular formula is C15H25N3S. The Labute approximate surface area is 120 Å². The second-order valence-electron chi connectivity index (χ2n) is 6.06. The summed E-state index contributed by atoms with van der Waals surface area (Å²) in [5, 5.41) is 7.13. The van der Waals surface area contributed by atoms with Crippen LogP contribution in [0.2, 0.25) is 0 Å². The Morgan fingerprint density at radius 1 is 1.42 bits per heavy atom. The fourth-order valence-corrected chi connectivity index (χ4v) is 4.85. The number of hydrogen-bond donors (Lipinski definition) is 1. The molecule has 0 radical (unpaired) electrons. The van der Waals surface area contributed by atoms with Crippen molar-refractivity contribution in [1.29, 1.82) is 0 Å². The van der Waals surface area contributed by atoms with Gasteiger partial charge in [-0.1, -0.05) is 6.92 Å². The summed E-state index contributed by atoms with van der Waals surface area (Å²) in [7, 11) is 0. The van der Waals surface area contributed by atoms with Gasteiger partial charge in [0.05, 0.1) is 6.04 Å². The molecule has 2 bridgehead atoms. The van der Waals surface area contributed by atoms with Gasteiger partial charge < -0.3 is 5.32 Å². The molecule has 3 heterocycles. The Bertz CT molecular complexity index is 417. The Balaban J connectivity index is 1.73. The first-order chi connectivity index (χ1) is 9.19. The fraction of sp³-hybridized carbons (Fsp3) is 0.800. The van der Waals surface area contributed by atoms with Gasteiger partial charge in [0.1, 0.15) is 5.01 Å². The van der Waals surface area contributed by atoms with Crippen LogP contribution in [-0.4, -0.2) is 34.6 Å². The smallest absolute Gasteiger partial charge is 0.110 e. The van der Waals surface area contributed by atoms with Crippen LogP contribution in [-0.2, 0) is 0 Å². The molecule has 1 N–H and O–H groups in total. The first-order valence-corrected chi connectivity index (χ1v) is 8.49. The van der Waals surface area contributed by atoms with Crippen LogP contribution in [0.25, 0.3) is 0 Å². The van der Waals surface area contributed by atoms with Crippen molar-refractivity contribution in [2.45, 2.75) is 70.6 Å². The lowest BCUT2D eigenvalue weighted by molar-refractivity contribution is 0.0774. The molecule has 2 aliphatic rings. The summed E-state index contributed by atoms with van der Waals surface area (Å²) in [5.74, 6) is 0. The highest BCUT2D eigenvalue weighted by Gasteiger charge is 2.43. The topological polar surface area (TPSA) is 28.2 Å². The summed E-state index contributed by atoms with van der Waals surface area (Å²) in [5.41, 5.74) is 1.17. The van der Waals surface area contributed by atoms with Gasteiger partial charge in [-0.3, -0.25) is 4.90 Å². The number of rotatable bonds is 4. The standard InChI is InChI=1S/C15H25N3S/c1-4-16-12-7-13-5-6-14(8-12)18(13)11(3)15-17-10(2)9-19-15/h9,11-14,16H,4-8H2,1-3H3. The zero-order valence-electron chi connectivity index (χ0n) is 12.2. The molecule has 2 fully saturated rings. The van der Waals surface area contributed by atoms with Crippen molar-refractivity contribution < 1.29 is 0 Å². The van der Waals surface area contributed by atoms with Crippen LogP contribution in [0.3, 0.4) is 0 Å². The lowest BCUT2D eigenvalue weighted by atomic mass is 9.95. The number of aromatic nitrogens is 1. The molecule has 0 amide bonds. The van der Waals surface area contributed by atoms with E-state index in [1.807, 2.05) is 11.3 Å². The lowest BCUT2D eigenvalue weighted by Crippen LogP contribution is -2.49. The maximum atomic E-state index is 4.70. The molecule has 2 aliphatic heterocycles. The van der Waals surface area contributed by atoms with Crippen LogP contribution in [0.4, 0.5) is 0 Å². The first kappa shape index (κ1) is 13.5. The minimum Gasteiger partial charge on any atom is -0.314 e. The molecule has 3 nitrogen and oxygen atoms in total. The van der Waals surface area contributed by atoms with E-state index in [4.69, 9.17) is 4.98 Å². The number of hydrogen-bond acceptors (Lipinski definition) is 4. The van der Waals surface area contributed by atoms with Gasteiger partial charge in [-0.2, -0.15) is 0 Å².